The van der Waals surface area contributed by atoms with Gasteiger partial charge in [-0.05, 0) is 46.6 Å². The Morgan fingerprint density at radius 3 is 2.65 bits per heavy atom. The molecular weight excluding hydrogens is 210 g/mol. The van der Waals surface area contributed by atoms with Crippen molar-refractivity contribution in [3.63, 3.8) is 0 Å². The molecule has 2 N–H and O–H groups in total. The standard InChI is InChI=1S/C14H29N3/c1-14(2,3)16-9-8-15-12-7-11-17-10-5-4-6-13(12)17/h12-13,15-16H,4-11H2,1-3H3. The molecule has 0 amide bonds. The molecule has 0 bridgehead atoms. The average molecular weight is 239 g/mol. The monoisotopic (exact) mass is 239 g/mol. The van der Waals surface area contributed by atoms with E-state index in [1.165, 1.54) is 38.8 Å². The molecule has 17 heavy (non-hydrogen) atoms. The molecule has 0 saturated carbocycles. The van der Waals surface area contributed by atoms with E-state index in [0.29, 0.717) is 0 Å². The van der Waals surface area contributed by atoms with Gasteiger partial charge in [0.15, 0.2) is 0 Å². The van der Waals surface area contributed by atoms with Crippen molar-refractivity contribution in [2.24, 2.45) is 0 Å². The SMILES string of the molecule is CC(C)(C)NCCNC1CCN2CCCCC12. The summed E-state index contributed by atoms with van der Waals surface area (Å²) in [5, 5.41) is 7.29. The molecule has 3 nitrogen and oxygen atoms in total. The van der Waals surface area contributed by atoms with Crippen LogP contribution in [-0.2, 0) is 0 Å². The second-order valence-corrected chi connectivity index (χ2v) is 6.63. The Kier molecular flexibility index (Phi) is 4.45. The molecule has 2 unspecified atom stereocenters. The van der Waals surface area contributed by atoms with E-state index in [2.05, 4.69) is 36.3 Å². The maximum absolute atomic E-state index is 3.75. The second-order valence-electron chi connectivity index (χ2n) is 6.63. The summed E-state index contributed by atoms with van der Waals surface area (Å²) in [6.45, 7) is 11.5. The molecule has 2 aliphatic heterocycles. The molecule has 2 rings (SSSR count). The first-order valence-corrected chi connectivity index (χ1v) is 7.29. The lowest BCUT2D eigenvalue weighted by atomic mass is 9.99. The van der Waals surface area contributed by atoms with Crippen LogP contribution in [-0.4, -0.2) is 48.7 Å². The van der Waals surface area contributed by atoms with E-state index >= 15 is 0 Å². The third kappa shape index (κ3) is 3.94. The third-order valence-corrected chi connectivity index (χ3v) is 4.04. The van der Waals surface area contributed by atoms with Gasteiger partial charge in [-0.1, -0.05) is 6.42 Å². The van der Waals surface area contributed by atoms with Crippen LogP contribution in [0.5, 0.6) is 0 Å². The first-order chi connectivity index (χ1) is 8.06. The summed E-state index contributed by atoms with van der Waals surface area (Å²) in [5.41, 5.74) is 0.244. The van der Waals surface area contributed by atoms with Crippen LogP contribution in [0.2, 0.25) is 0 Å². The minimum atomic E-state index is 0.244. The highest BCUT2D eigenvalue weighted by molar-refractivity contribution is 4.94. The maximum atomic E-state index is 3.75. The van der Waals surface area contributed by atoms with Gasteiger partial charge in [0.25, 0.3) is 0 Å². The van der Waals surface area contributed by atoms with E-state index < -0.39 is 0 Å². The fourth-order valence-electron chi connectivity index (χ4n) is 3.18. The summed E-state index contributed by atoms with van der Waals surface area (Å²) in [4.78, 5) is 2.69. The zero-order valence-electron chi connectivity index (χ0n) is 11.8. The number of nitrogens with one attached hydrogen (secondary N) is 2. The first kappa shape index (κ1) is 13.3. The summed E-state index contributed by atoms with van der Waals surface area (Å²) in [5.74, 6) is 0. The van der Waals surface area contributed by atoms with Gasteiger partial charge < -0.3 is 10.6 Å². The molecular formula is C14H29N3. The van der Waals surface area contributed by atoms with Crippen LogP contribution in [0.4, 0.5) is 0 Å². The first-order valence-electron chi connectivity index (χ1n) is 7.29. The lowest BCUT2D eigenvalue weighted by Crippen LogP contribution is -2.47. The second kappa shape index (κ2) is 5.68. The van der Waals surface area contributed by atoms with Crippen molar-refractivity contribution in [3.8, 4) is 0 Å². The molecule has 3 heteroatoms. The summed E-state index contributed by atoms with van der Waals surface area (Å²) in [6.07, 6.45) is 5.60. The summed E-state index contributed by atoms with van der Waals surface area (Å²) >= 11 is 0. The van der Waals surface area contributed by atoms with Crippen LogP contribution < -0.4 is 10.6 Å². The zero-order valence-corrected chi connectivity index (χ0v) is 11.8. The van der Waals surface area contributed by atoms with Gasteiger partial charge >= 0.3 is 0 Å². The Morgan fingerprint density at radius 2 is 1.88 bits per heavy atom. The fraction of sp³-hybridized carbons (Fsp3) is 1.00. The molecule has 2 heterocycles. The van der Waals surface area contributed by atoms with E-state index in [1.54, 1.807) is 0 Å². The third-order valence-electron chi connectivity index (χ3n) is 4.04. The molecule has 2 aliphatic rings. The van der Waals surface area contributed by atoms with Crippen LogP contribution in [0.15, 0.2) is 0 Å². The zero-order chi connectivity index (χ0) is 12.3. The molecule has 0 radical (unpaired) electrons. The van der Waals surface area contributed by atoms with E-state index in [9.17, 15) is 0 Å². The number of hydrogen-bond donors (Lipinski definition) is 2. The Bertz CT molecular complexity index is 234. The summed E-state index contributed by atoms with van der Waals surface area (Å²) in [7, 11) is 0. The molecule has 2 fully saturated rings. The Morgan fingerprint density at radius 1 is 1.06 bits per heavy atom. The van der Waals surface area contributed by atoms with Crippen molar-refractivity contribution in [2.45, 2.75) is 64.1 Å². The predicted octanol–water partition coefficient (Wildman–Crippen LogP) is 1.59. The van der Waals surface area contributed by atoms with Crippen LogP contribution in [0, 0.1) is 0 Å². The predicted molar refractivity (Wildman–Crippen MR) is 73.4 cm³/mol. The number of fused-ring (bicyclic) bond motifs is 1. The largest absolute Gasteiger partial charge is 0.311 e. The van der Waals surface area contributed by atoms with Crippen molar-refractivity contribution in [3.05, 3.63) is 0 Å². The van der Waals surface area contributed by atoms with Gasteiger partial charge in [0.2, 0.25) is 0 Å². The van der Waals surface area contributed by atoms with E-state index in [0.717, 1.165) is 25.2 Å². The Balaban J connectivity index is 1.66. The quantitative estimate of drug-likeness (QED) is 0.730. The molecule has 0 aliphatic carbocycles. The highest BCUT2D eigenvalue weighted by Crippen LogP contribution is 2.26. The number of rotatable bonds is 4. The number of hydrogen-bond acceptors (Lipinski definition) is 3. The van der Waals surface area contributed by atoms with E-state index in [4.69, 9.17) is 0 Å². The molecule has 0 aromatic carbocycles. The topological polar surface area (TPSA) is 27.3 Å². The van der Waals surface area contributed by atoms with Gasteiger partial charge in [0, 0.05) is 37.3 Å². The van der Waals surface area contributed by atoms with Crippen molar-refractivity contribution in [1.82, 2.24) is 15.5 Å². The Hall–Kier alpha value is -0.120. The van der Waals surface area contributed by atoms with Gasteiger partial charge in [0.1, 0.15) is 0 Å². The highest BCUT2D eigenvalue weighted by Gasteiger charge is 2.34. The van der Waals surface area contributed by atoms with Gasteiger partial charge in [-0.25, -0.2) is 0 Å². The van der Waals surface area contributed by atoms with Crippen LogP contribution in [0.1, 0.15) is 46.5 Å². The van der Waals surface area contributed by atoms with Gasteiger partial charge in [-0.3, -0.25) is 4.90 Å². The van der Waals surface area contributed by atoms with Gasteiger partial charge in [-0.15, -0.1) is 0 Å². The molecule has 2 atom stereocenters. The van der Waals surface area contributed by atoms with Crippen LogP contribution in [0.3, 0.4) is 0 Å². The minimum absolute atomic E-state index is 0.244. The lowest BCUT2D eigenvalue weighted by molar-refractivity contribution is 0.180. The minimum Gasteiger partial charge on any atom is -0.311 e. The average Bonchev–Trinajstić information content (AvgIpc) is 2.67. The summed E-state index contributed by atoms with van der Waals surface area (Å²) in [6, 6.07) is 1.58. The molecule has 100 valence electrons. The van der Waals surface area contributed by atoms with E-state index in [-0.39, 0.29) is 5.54 Å². The number of nitrogens with zero attached hydrogens (tertiary/aromatic N) is 1. The maximum Gasteiger partial charge on any atom is 0.0249 e. The summed E-state index contributed by atoms with van der Waals surface area (Å²) < 4.78 is 0. The van der Waals surface area contributed by atoms with Gasteiger partial charge in [-0.2, -0.15) is 0 Å². The molecule has 0 aromatic rings. The van der Waals surface area contributed by atoms with Crippen molar-refractivity contribution < 1.29 is 0 Å². The normalized spacial score (nSPS) is 30.5. The smallest absolute Gasteiger partial charge is 0.0249 e. The van der Waals surface area contributed by atoms with Crippen molar-refractivity contribution in [1.29, 1.82) is 0 Å². The van der Waals surface area contributed by atoms with Crippen molar-refractivity contribution in [2.75, 3.05) is 26.2 Å². The van der Waals surface area contributed by atoms with Crippen molar-refractivity contribution >= 4 is 0 Å². The van der Waals surface area contributed by atoms with Crippen LogP contribution >= 0.6 is 0 Å². The van der Waals surface area contributed by atoms with E-state index in [1.807, 2.05) is 0 Å². The highest BCUT2D eigenvalue weighted by atomic mass is 15.2. The van der Waals surface area contributed by atoms with Crippen LogP contribution in [0.25, 0.3) is 0 Å². The lowest BCUT2D eigenvalue weighted by Gasteiger charge is -2.33. The number of piperidine rings is 1. The molecule has 0 aromatic heterocycles. The Labute approximate surface area is 106 Å². The fourth-order valence-corrected chi connectivity index (χ4v) is 3.18. The molecule has 2 saturated heterocycles. The van der Waals surface area contributed by atoms with Gasteiger partial charge in [0.05, 0.1) is 0 Å². The molecule has 0 spiro atoms.